The first-order valence-electron chi connectivity index (χ1n) is 10.3. The van der Waals surface area contributed by atoms with Crippen LogP contribution in [0.2, 0.25) is 0 Å². The molecule has 0 bridgehead atoms. The van der Waals surface area contributed by atoms with Gasteiger partial charge in [-0.05, 0) is 42.0 Å². The van der Waals surface area contributed by atoms with E-state index in [4.69, 9.17) is 15.3 Å². The molecule has 0 aliphatic heterocycles. The van der Waals surface area contributed by atoms with Gasteiger partial charge in [0.15, 0.2) is 0 Å². The van der Waals surface area contributed by atoms with Gasteiger partial charge in [0.1, 0.15) is 0 Å². The summed E-state index contributed by atoms with van der Waals surface area (Å²) in [5, 5.41) is 35.2. The monoisotopic (exact) mass is 719 g/mol. The van der Waals surface area contributed by atoms with Crippen molar-refractivity contribution in [3.63, 3.8) is 0 Å². The maximum atomic E-state index is 10.2. The average molecular weight is 720 g/mol. The van der Waals surface area contributed by atoms with E-state index in [2.05, 4.69) is 0 Å². The van der Waals surface area contributed by atoms with Crippen molar-refractivity contribution in [2.24, 2.45) is 0 Å². The summed E-state index contributed by atoms with van der Waals surface area (Å²) in [7, 11) is 0. The summed E-state index contributed by atoms with van der Waals surface area (Å²) >= 11 is 0. The van der Waals surface area contributed by atoms with Crippen molar-refractivity contribution in [2.75, 3.05) is 0 Å². The SMILES string of the molecule is O=C(O)c1ccccc1.O=C(O)c1ccccc1.O=C(O)c1ccccc1.O=C([O-])c1ccccc1.[Th]. The Balaban J connectivity index is 0.000000463. The van der Waals surface area contributed by atoms with E-state index in [1.807, 2.05) is 0 Å². The molecule has 4 rings (SSSR count). The quantitative estimate of drug-likeness (QED) is 0.284. The second-order valence-electron chi connectivity index (χ2n) is 6.67. The minimum atomic E-state index is -1.13. The van der Waals surface area contributed by atoms with Gasteiger partial charge >= 0.3 is 17.9 Å². The van der Waals surface area contributed by atoms with Crippen LogP contribution in [0.15, 0.2) is 121 Å². The molecule has 4 aromatic carbocycles. The molecule has 37 heavy (non-hydrogen) atoms. The molecule has 3 N–H and O–H groups in total. The maximum Gasteiger partial charge on any atom is 0.335 e. The molecule has 9 heteroatoms. The van der Waals surface area contributed by atoms with E-state index in [1.54, 1.807) is 109 Å². The van der Waals surface area contributed by atoms with Crippen molar-refractivity contribution >= 4 is 23.9 Å². The van der Waals surface area contributed by atoms with Crippen LogP contribution in [0.25, 0.3) is 0 Å². The zero-order valence-corrected chi connectivity index (χ0v) is 23.5. The van der Waals surface area contributed by atoms with Crippen LogP contribution in [-0.4, -0.2) is 39.2 Å². The molecular formula is C28H23O8Th-. The molecule has 0 unspecified atom stereocenters. The normalized spacial score (nSPS) is 8.65. The van der Waals surface area contributed by atoms with Crippen LogP contribution in [-0.2, 0) is 0 Å². The fourth-order valence-corrected chi connectivity index (χ4v) is 2.32. The molecular weight excluding hydrogens is 696 g/mol. The van der Waals surface area contributed by atoms with Crippen molar-refractivity contribution < 1.29 is 79.5 Å². The van der Waals surface area contributed by atoms with E-state index in [0.29, 0.717) is 16.7 Å². The predicted molar refractivity (Wildman–Crippen MR) is 131 cm³/mol. The van der Waals surface area contributed by atoms with Crippen molar-refractivity contribution in [2.45, 2.75) is 0 Å². The van der Waals surface area contributed by atoms with Crippen LogP contribution >= 0.6 is 0 Å². The second-order valence-corrected chi connectivity index (χ2v) is 6.67. The van der Waals surface area contributed by atoms with Gasteiger partial charge in [-0.2, -0.15) is 0 Å². The number of hydrogen-bond acceptors (Lipinski definition) is 5. The first-order chi connectivity index (χ1) is 17.2. The van der Waals surface area contributed by atoms with Gasteiger partial charge in [0.05, 0.1) is 22.7 Å². The second kappa shape index (κ2) is 19.3. The largest absolute Gasteiger partial charge is 0.545 e. The van der Waals surface area contributed by atoms with Gasteiger partial charge < -0.3 is 25.2 Å². The molecule has 188 valence electrons. The fourth-order valence-electron chi connectivity index (χ4n) is 2.32. The van der Waals surface area contributed by atoms with Gasteiger partial charge in [-0.3, -0.25) is 0 Å². The molecule has 0 atom stereocenters. The molecule has 0 saturated heterocycles. The zero-order chi connectivity index (χ0) is 26.8. The Morgan fingerprint density at radius 3 is 0.703 bits per heavy atom. The van der Waals surface area contributed by atoms with Crippen LogP contribution in [0.4, 0.5) is 0 Å². The van der Waals surface area contributed by atoms with Crippen molar-refractivity contribution in [3.05, 3.63) is 144 Å². The number of carbonyl (C=O) groups is 4. The summed E-state index contributed by atoms with van der Waals surface area (Å²) in [4.78, 5) is 40.7. The molecule has 8 nitrogen and oxygen atoms in total. The molecule has 0 spiro atoms. The van der Waals surface area contributed by atoms with Gasteiger partial charge in [0.2, 0.25) is 0 Å². The molecule has 0 fully saturated rings. The summed E-state index contributed by atoms with van der Waals surface area (Å²) in [5.74, 6) is -3.77. The molecule has 0 aromatic heterocycles. The average Bonchev–Trinajstić information content (AvgIpc) is 2.92. The Morgan fingerprint density at radius 1 is 0.405 bits per heavy atom. The minimum Gasteiger partial charge on any atom is -0.545 e. The van der Waals surface area contributed by atoms with E-state index in [-0.39, 0.29) is 45.5 Å². The molecule has 0 radical (unpaired) electrons. The number of benzene rings is 4. The van der Waals surface area contributed by atoms with Crippen LogP contribution in [0, 0.1) is 39.9 Å². The number of aromatic carboxylic acids is 4. The molecule has 0 aliphatic rings. The van der Waals surface area contributed by atoms with Crippen molar-refractivity contribution in [1.29, 1.82) is 0 Å². The van der Waals surface area contributed by atoms with E-state index >= 15 is 0 Å². The van der Waals surface area contributed by atoms with E-state index < -0.39 is 23.9 Å². The summed E-state index contributed by atoms with van der Waals surface area (Å²) in [5.41, 5.74) is 1.21. The van der Waals surface area contributed by atoms with Crippen LogP contribution < -0.4 is 5.11 Å². The Hall–Kier alpha value is -3.92. The molecule has 0 heterocycles. The molecule has 0 aliphatic carbocycles. The van der Waals surface area contributed by atoms with Gasteiger partial charge in [0.25, 0.3) is 0 Å². The number of carboxylic acids is 4. The standard InChI is InChI=1S/4C7H6O2.Th/c4*8-7(9)6-4-2-1-3-5-6;/h4*1-5H,(H,8,9);/p-1. The fraction of sp³-hybridized carbons (Fsp3) is 0. The summed E-state index contributed by atoms with van der Waals surface area (Å²) in [6.45, 7) is 0. The molecule has 0 amide bonds. The third kappa shape index (κ3) is 14.9. The Labute approximate surface area is 245 Å². The number of carboxylic acid groups (broad SMARTS) is 4. The van der Waals surface area contributed by atoms with Gasteiger partial charge in [-0.25, -0.2) is 14.4 Å². The van der Waals surface area contributed by atoms with Gasteiger partial charge in [-0.15, -0.1) is 0 Å². The van der Waals surface area contributed by atoms with Crippen LogP contribution in [0.1, 0.15) is 41.4 Å². The zero-order valence-electron chi connectivity index (χ0n) is 19.4. The van der Waals surface area contributed by atoms with Crippen LogP contribution in [0.5, 0.6) is 0 Å². The van der Waals surface area contributed by atoms with Crippen molar-refractivity contribution in [3.8, 4) is 0 Å². The van der Waals surface area contributed by atoms with Gasteiger partial charge in [-0.1, -0.05) is 84.9 Å². The van der Waals surface area contributed by atoms with E-state index in [1.165, 1.54) is 12.1 Å². The van der Waals surface area contributed by atoms with Crippen LogP contribution in [0.3, 0.4) is 0 Å². The molecule has 0 saturated carbocycles. The Morgan fingerprint density at radius 2 is 0.595 bits per heavy atom. The first kappa shape index (κ1) is 33.1. The summed E-state index contributed by atoms with van der Waals surface area (Å²) < 4.78 is 0. The first-order valence-corrected chi connectivity index (χ1v) is 10.3. The topological polar surface area (TPSA) is 152 Å². The van der Waals surface area contributed by atoms with E-state index in [0.717, 1.165) is 0 Å². The number of hydrogen-bond donors (Lipinski definition) is 3. The third-order valence-electron chi connectivity index (χ3n) is 4.07. The smallest absolute Gasteiger partial charge is 0.335 e. The summed E-state index contributed by atoms with van der Waals surface area (Å²) in [6.07, 6.45) is 0. The van der Waals surface area contributed by atoms with Crippen molar-refractivity contribution in [1.82, 2.24) is 0 Å². The maximum absolute atomic E-state index is 10.2. The van der Waals surface area contributed by atoms with E-state index in [9.17, 15) is 24.3 Å². The van der Waals surface area contributed by atoms with Gasteiger partial charge in [0, 0.05) is 39.9 Å². The minimum absolute atomic E-state index is 0. The predicted octanol–water partition coefficient (Wildman–Crippen LogP) is 4.20. The summed E-state index contributed by atoms with van der Waals surface area (Å²) in [6, 6.07) is 32.9. The number of rotatable bonds is 4. The third-order valence-corrected chi connectivity index (χ3v) is 4.07. The molecule has 4 aromatic rings. The Kier molecular flexibility index (Phi) is 17.3. The number of carbonyl (C=O) groups excluding carboxylic acids is 1. The Bertz CT molecular complexity index is 1020.